The predicted octanol–water partition coefficient (Wildman–Crippen LogP) is 7.00. The van der Waals surface area contributed by atoms with Crippen molar-refractivity contribution in [3.63, 3.8) is 0 Å². The summed E-state index contributed by atoms with van der Waals surface area (Å²) in [6, 6.07) is 0. The number of halogens is 1. The van der Waals surface area contributed by atoms with Gasteiger partial charge in [0.25, 0.3) is 0 Å². The molecule has 1 unspecified atom stereocenters. The van der Waals surface area contributed by atoms with E-state index >= 15 is 0 Å². The fraction of sp³-hybridized carbons (Fsp3) is 0.778. The highest BCUT2D eigenvalue weighted by Gasteiger charge is 2.51. The van der Waals surface area contributed by atoms with Crippen molar-refractivity contribution in [1.82, 2.24) is 0 Å². The summed E-state index contributed by atoms with van der Waals surface area (Å²) in [5.41, 5.74) is 3.85. The smallest absolute Gasteiger partial charge is 0.0811 e. The van der Waals surface area contributed by atoms with Gasteiger partial charge >= 0.3 is 0 Å². The van der Waals surface area contributed by atoms with Crippen LogP contribution < -0.4 is 0 Å². The topological polar surface area (TPSA) is 40.5 Å². The van der Waals surface area contributed by atoms with E-state index in [1.165, 1.54) is 44.9 Å². The molecule has 2 N–H and O–H groups in total. The van der Waals surface area contributed by atoms with Crippen LogP contribution in [-0.4, -0.2) is 26.3 Å². The lowest BCUT2D eigenvalue weighted by atomic mass is 9.60. The zero-order valence-corrected chi connectivity index (χ0v) is 21.7. The molecule has 0 saturated heterocycles. The SMILES string of the molecule is C=C1/C(=C\C=C2CCC[C@@]3(C)C2CC[C@@H]3[C@H](C)[C@H](I)CCC(C)C)C[C@@H](O)C[C@H]1O. The molecule has 30 heavy (non-hydrogen) atoms. The van der Waals surface area contributed by atoms with Crippen LogP contribution in [0, 0.1) is 29.1 Å². The van der Waals surface area contributed by atoms with Gasteiger partial charge in [0, 0.05) is 10.3 Å². The van der Waals surface area contributed by atoms with E-state index in [9.17, 15) is 10.2 Å². The Labute approximate surface area is 198 Å². The van der Waals surface area contributed by atoms with Crippen molar-refractivity contribution in [2.45, 2.75) is 102 Å². The Morgan fingerprint density at radius 2 is 1.90 bits per heavy atom. The van der Waals surface area contributed by atoms with Crippen LogP contribution in [0.1, 0.15) is 85.5 Å². The summed E-state index contributed by atoms with van der Waals surface area (Å²) < 4.78 is 0.774. The standard InChI is InChI=1S/C27H43IO2/c1-17(2)8-13-25(28)19(4)23-11-12-24-20(7-6-14-27(23,24)5)9-10-21-15-22(29)16-26(30)18(21)3/h9-10,17,19,22-26,29-30H,3,6-8,11-16H2,1-2,4-5H3/b20-9?,21-10-/t19-,22+,23+,24?,25+,26+,27+/m0/s1. The minimum Gasteiger partial charge on any atom is -0.393 e. The number of rotatable bonds is 6. The van der Waals surface area contributed by atoms with Crippen LogP contribution in [-0.2, 0) is 0 Å². The summed E-state index contributed by atoms with van der Waals surface area (Å²) in [5, 5.41) is 20.2. The molecule has 0 amide bonds. The quantitative estimate of drug-likeness (QED) is 0.289. The second kappa shape index (κ2) is 10.2. The maximum absolute atomic E-state index is 10.2. The van der Waals surface area contributed by atoms with Crippen LogP contribution >= 0.6 is 22.6 Å². The summed E-state index contributed by atoms with van der Waals surface area (Å²) in [6.45, 7) is 13.9. The molecule has 0 heterocycles. The average molecular weight is 527 g/mol. The van der Waals surface area contributed by atoms with Gasteiger partial charge < -0.3 is 10.2 Å². The Balaban J connectivity index is 1.75. The zero-order valence-electron chi connectivity index (χ0n) is 19.5. The number of hydrogen-bond donors (Lipinski definition) is 2. The molecule has 3 heteroatoms. The van der Waals surface area contributed by atoms with Crippen LogP contribution in [0.4, 0.5) is 0 Å². The molecule has 7 atom stereocenters. The first-order valence-corrected chi connectivity index (χ1v) is 13.5. The Morgan fingerprint density at radius 1 is 1.17 bits per heavy atom. The van der Waals surface area contributed by atoms with Crippen LogP contribution in [0.25, 0.3) is 0 Å². The zero-order chi connectivity index (χ0) is 22.1. The van der Waals surface area contributed by atoms with Crippen molar-refractivity contribution in [3.05, 3.63) is 35.5 Å². The van der Waals surface area contributed by atoms with Crippen LogP contribution in [0.15, 0.2) is 35.5 Å². The Hall–Kier alpha value is -0.130. The van der Waals surface area contributed by atoms with Gasteiger partial charge in [-0.3, -0.25) is 0 Å². The van der Waals surface area contributed by atoms with E-state index < -0.39 is 12.2 Å². The lowest BCUT2D eigenvalue weighted by molar-refractivity contribution is 0.0861. The van der Waals surface area contributed by atoms with Crippen molar-refractivity contribution in [2.75, 3.05) is 0 Å². The van der Waals surface area contributed by atoms with Crippen LogP contribution in [0.2, 0.25) is 0 Å². The number of alkyl halides is 1. The molecule has 0 bridgehead atoms. The second-order valence-corrected chi connectivity index (χ2v) is 12.6. The number of allylic oxidation sites excluding steroid dienone is 3. The first-order valence-electron chi connectivity index (χ1n) is 12.2. The highest BCUT2D eigenvalue weighted by Crippen LogP contribution is 2.60. The molecular weight excluding hydrogens is 483 g/mol. The molecule has 0 radical (unpaired) electrons. The van der Waals surface area contributed by atoms with Crippen molar-refractivity contribution in [1.29, 1.82) is 0 Å². The van der Waals surface area contributed by atoms with Crippen molar-refractivity contribution >= 4 is 22.6 Å². The van der Waals surface area contributed by atoms with Crippen LogP contribution in [0.3, 0.4) is 0 Å². The summed E-state index contributed by atoms with van der Waals surface area (Å²) in [5.74, 6) is 3.09. The maximum atomic E-state index is 10.2. The fourth-order valence-electron chi connectivity index (χ4n) is 6.62. The van der Waals surface area contributed by atoms with Crippen molar-refractivity contribution in [2.24, 2.45) is 29.1 Å². The largest absolute Gasteiger partial charge is 0.393 e. The molecule has 0 spiro atoms. The third-order valence-corrected chi connectivity index (χ3v) is 10.3. The molecule has 0 aromatic carbocycles. The van der Waals surface area contributed by atoms with Gasteiger partial charge in [-0.15, -0.1) is 0 Å². The van der Waals surface area contributed by atoms with Crippen molar-refractivity contribution in [3.8, 4) is 0 Å². The fourth-order valence-corrected chi connectivity index (χ4v) is 7.48. The first-order chi connectivity index (χ1) is 14.1. The minimum atomic E-state index is -0.599. The van der Waals surface area contributed by atoms with Gasteiger partial charge in [-0.1, -0.05) is 74.6 Å². The second-order valence-electron chi connectivity index (χ2n) is 11.0. The highest BCUT2D eigenvalue weighted by molar-refractivity contribution is 14.1. The van der Waals surface area contributed by atoms with Gasteiger partial charge in [0.2, 0.25) is 0 Å². The molecule has 0 aromatic rings. The number of hydrogen-bond acceptors (Lipinski definition) is 2. The minimum absolute atomic E-state index is 0.418. The van der Waals surface area contributed by atoms with Gasteiger partial charge in [-0.2, -0.15) is 0 Å². The first kappa shape index (κ1) is 24.5. The summed E-state index contributed by atoms with van der Waals surface area (Å²) in [6.07, 6.45) is 13.7. The summed E-state index contributed by atoms with van der Waals surface area (Å²) in [4.78, 5) is 0. The Bertz CT molecular complexity index is 678. The van der Waals surface area contributed by atoms with E-state index in [0.717, 1.165) is 32.8 Å². The average Bonchev–Trinajstić information content (AvgIpc) is 3.04. The molecule has 2 nitrogen and oxygen atoms in total. The van der Waals surface area contributed by atoms with Gasteiger partial charge in [0.05, 0.1) is 12.2 Å². The van der Waals surface area contributed by atoms with E-state index in [1.807, 2.05) is 0 Å². The monoisotopic (exact) mass is 526 g/mol. The van der Waals surface area contributed by atoms with Crippen molar-refractivity contribution < 1.29 is 10.2 Å². The molecule has 3 aliphatic carbocycles. The third-order valence-electron chi connectivity index (χ3n) is 8.53. The van der Waals surface area contributed by atoms with Gasteiger partial charge in [-0.25, -0.2) is 0 Å². The highest BCUT2D eigenvalue weighted by atomic mass is 127. The van der Waals surface area contributed by atoms with E-state index in [2.05, 4.69) is 69.0 Å². The molecule has 3 saturated carbocycles. The third kappa shape index (κ3) is 5.26. The molecule has 3 rings (SSSR count). The van der Waals surface area contributed by atoms with Gasteiger partial charge in [0.1, 0.15) is 0 Å². The number of fused-ring (bicyclic) bond motifs is 1. The lowest BCUT2D eigenvalue weighted by Gasteiger charge is -2.45. The van der Waals surface area contributed by atoms with E-state index in [-0.39, 0.29) is 0 Å². The molecular formula is C27H43IO2. The Morgan fingerprint density at radius 3 is 2.60 bits per heavy atom. The molecule has 0 aromatic heterocycles. The molecule has 0 aliphatic heterocycles. The Kier molecular flexibility index (Phi) is 8.34. The van der Waals surface area contributed by atoms with E-state index in [0.29, 0.717) is 24.2 Å². The van der Waals surface area contributed by atoms with Crippen LogP contribution in [0.5, 0.6) is 0 Å². The molecule has 3 fully saturated rings. The lowest BCUT2D eigenvalue weighted by Crippen LogP contribution is -2.38. The summed E-state index contributed by atoms with van der Waals surface area (Å²) >= 11 is 2.74. The van der Waals surface area contributed by atoms with E-state index in [4.69, 9.17) is 0 Å². The van der Waals surface area contributed by atoms with Gasteiger partial charge in [0.15, 0.2) is 0 Å². The van der Waals surface area contributed by atoms with E-state index in [1.54, 1.807) is 5.57 Å². The molecule has 170 valence electrons. The number of aliphatic hydroxyl groups excluding tert-OH is 2. The maximum Gasteiger partial charge on any atom is 0.0811 e. The number of aliphatic hydroxyl groups is 2. The summed E-state index contributed by atoms with van der Waals surface area (Å²) in [7, 11) is 0. The predicted molar refractivity (Wildman–Crippen MR) is 136 cm³/mol. The molecule has 3 aliphatic rings. The van der Waals surface area contributed by atoms with Gasteiger partial charge in [-0.05, 0) is 91.6 Å². The normalized spacial score (nSPS) is 39.5.